The molecular weight excluding hydrogens is 340 g/mol. The number of rotatable bonds is 3. The topological polar surface area (TPSA) is 111 Å². The predicted molar refractivity (Wildman–Crippen MR) is 95.1 cm³/mol. The standard InChI is InChI=1S/C17H22N4O5/c1-17(2,3)26-16(22)20-8-4-5-11(10-20)18-15-19-13-9-12(21(23)24)6-7-14(13)25-15/h6-7,9,11H,4-5,8,10H2,1-3H3,(H,18,19). The van der Waals surface area contributed by atoms with Crippen molar-refractivity contribution in [3.8, 4) is 0 Å². The summed E-state index contributed by atoms with van der Waals surface area (Å²) in [7, 11) is 0. The van der Waals surface area contributed by atoms with Gasteiger partial charge in [0.05, 0.1) is 4.92 Å². The van der Waals surface area contributed by atoms with E-state index in [1.807, 2.05) is 20.8 Å². The van der Waals surface area contributed by atoms with Crippen molar-refractivity contribution >= 4 is 28.9 Å². The summed E-state index contributed by atoms with van der Waals surface area (Å²) in [6.07, 6.45) is 1.36. The van der Waals surface area contributed by atoms with Crippen LogP contribution < -0.4 is 5.32 Å². The molecule has 0 radical (unpaired) electrons. The Hall–Kier alpha value is -2.84. The monoisotopic (exact) mass is 362 g/mol. The van der Waals surface area contributed by atoms with Crippen molar-refractivity contribution in [1.29, 1.82) is 0 Å². The molecule has 9 nitrogen and oxygen atoms in total. The highest BCUT2D eigenvalue weighted by Gasteiger charge is 2.28. The van der Waals surface area contributed by atoms with Gasteiger partial charge in [0.1, 0.15) is 11.1 Å². The van der Waals surface area contributed by atoms with Gasteiger partial charge in [-0.1, -0.05) is 0 Å². The van der Waals surface area contributed by atoms with Crippen molar-refractivity contribution in [3.63, 3.8) is 0 Å². The number of ether oxygens (including phenoxy) is 1. The first-order valence-electron chi connectivity index (χ1n) is 8.51. The van der Waals surface area contributed by atoms with Gasteiger partial charge < -0.3 is 19.4 Å². The molecule has 1 aliphatic heterocycles. The molecule has 2 aromatic rings. The largest absolute Gasteiger partial charge is 0.444 e. The second-order valence-corrected chi connectivity index (χ2v) is 7.34. The smallest absolute Gasteiger partial charge is 0.410 e. The van der Waals surface area contributed by atoms with E-state index in [4.69, 9.17) is 9.15 Å². The molecule has 140 valence electrons. The molecule has 0 aliphatic carbocycles. The molecule has 26 heavy (non-hydrogen) atoms. The molecular formula is C17H22N4O5. The molecule has 1 saturated heterocycles. The van der Waals surface area contributed by atoms with Gasteiger partial charge in [-0.25, -0.2) is 4.79 Å². The number of benzene rings is 1. The minimum atomic E-state index is -0.535. The summed E-state index contributed by atoms with van der Waals surface area (Å²) in [4.78, 5) is 28.5. The van der Waals surface area contributed by atoms with E-state index in [2.05, 4.69) is 10.3 Å². The zero-order valence-corrected chi connectivity index (χ0v) is 15.0. The molecule has 0 spiro atoms. The molecule has 1 aromatic carbocycles. The highest BCUT2D eigenvalue weighted by Crippen LogP contribution is 2.25. The van der Waals surface area contributed by atoms with E-state index in [1.54, 1.807) is 4.90 Å². The summed E-state index contributed by atoms with van der Waals surface area (Å²) in [6.45, 7) is 6.63. The maximum atomic E-state index is 12.2. The van der Waals surface area contributed by atoms with Crippen molar-refractivity contribution in [2.24, 2.45) is 0 Å². The van der Waals surface area contributed by atoms with Crippen LogP contribution in [0.25, 0.3) is 11.1 Å². The lowest BCUT2D eigenvalue weighted by molar-refractivity contribution is -0.384. The Morgan fingerprint density at radius 2 is 2.23 bits per heavy atom. The van der Waals surface area contributed by atoms with Crippen LogP contribution >= 0.6 is 0 Å². The summed E-state index contributed by atoms with van der Waals surface area (Å²) in [5.41, 5.74) is 0.317. The average molecular weight is 362 g/mol. The van der Waals surface area contributed by atoms with Crippen molar-refractivity contribution in [2.45, 2.75) is 45.3 Å². The first kappa shape index (κ1) is 18.0. The quantitative estimate of drug-likeness (QED) is 0.656. The Bertz CT molecular complexity index is 826. The normalized spacial score (nSPS) is 18.0. The minimum absolute atomic E-state index is 0.0284. The van der Waals surface area contributed by atoms with Crippen LogP contribution in [0.1, 0.15) is 33.6 Å². The van der Waals surface area contributed by atoms with E-state index >= 15 is 0 Å². The zero-order valence-electron chi connectivity index (χ0n) is 15.0. The fourth-order valence-electron chi connectivity index (χ4n) is 2.85. The van der Waals surface area contributed by atoms with E-state index in [-0.39, 0.29) is 23.8 Å². The molecule has 0 saturated carbocycles. The molecule has 1 aliphatic rings. The molecule has 1 amide bonds. The first-order valence-corrected chi connectivity index (χ1v) is 8.51. The van der Waals surface area contributed by atoms with Crippen molar-refractivity contribution in [3.05, 3.63) is 28.3 Å². The van der Waals surface area contributed by atoms with Crippen LogP contribution in [0.4, 0.5) is 16.5 Å². The number of amides is 1. The number of carbonyl (C=O) groups excluding carboxylic acids is 1. The van der Waals surface area contributed by atoms with E-state index in [0.717, 1.165) is 12.8 Å². The number of hydrogen-bond acceptors (Lipinski definition) is 7. The van der Waals surface area contributed by atoms with Gasteiger partial charge in [0.2, 0.25) is 0 Å². The van der Waals surface area contributed by atoms with Crippen LogP contribution in [0.15, 0.2) is 22.6 Å². The summed E-state index contributed by atoms with van der Waals surface area (Å²) in [6, 6.07) is 4.54. The van der Waals surface area contributed by atoms with Crippen LogP contribution in [-0.2, 0) is 4.74 Å². The highest BCUT2D eigenvalue weighted by atomic mass is 16.6. The number of piperidine rings is 1. The van der Waals surface area contributed by atoms with Gasteiger partial charge in [-0.05, 0) is 39.7 Å². The van der Waals surface area contributed by atoms with Gasteiger partial charge in [0.25, 0.3) is 11.7 Å². The van der Waals surface area contributed by atoms with Crippen LogP contribution in [0, 0.1) is 10.1 Å². The van der Waals surface area contributed by atoms with Crippen molar-refractivity contribution in [2.75, 3.05) is 18.4 Å². The molecule has 1 aromatic heterocycles. The lowest BCUT2D eigenvalue weighted by Gasteiger charge is -2.34. The van der Waals surface area contributed by atoms with Crippen LogP contribution in [0.2, 0.25) is 0 Å². The maximum absolute atomic E-state index is 12.2. The van der Waals surface area contributed by atoms with Gasteiger partial charge in [0.15, 0.2) is 5.58 Å². The number of nitro groups is 1. The fraction of sp³-hybridized carbons (Fsp3) is 0.529. The molecule has 3 rings (SSSR count). The van der Waals surface area contributed by atoms with Gasteiger partial charge in [-0.2, -0.15) is 4.98 Å². The van der Waals surface area contributed by atoms with E-state index in [0.29, 0.717) is 24.2 Å². The van der Waals surface area contributed by atoms with Gasteiger partial charge >= 0.3 is 6.09 Å². The number of anilines is 1. The van der Waals surface area contributed by atoms with Gasteiger partial charge in [-0.3, -0.25) is 10.1 Å². The number of oxazole rings is 1. The third-order valence-corrected chi connectivity index (χ3v) is 3.98. The van der Waals surface area contributed by atoms with Crippen molar-refractivity contribution in [1.82, 2.24) is 9.88 Å². The lowest BCUT2D eigenvalue weighted by atomic mass is 10.1. The predicted octanol–water partition coefficient (Wildman–Crippen LogP) is 3.55. The summed E-state index contributed by atoms with van der Waals surface area (Å²) in [5.74, 6) is 0. The summed E-state index contributed by atoms with van der Waals surface area (Å²) < 4.78 is 11.0. The third-order valence-electron chi connectivity index (χ3n) is 3.98. The Kier molecular flexibility index (Phi) is 4.71. The molecule has 1 unspecified atom stereocenters. The first-order chi connectivity index (χ1) is 12.2. The number of nitro benzene ring substituents is 1. The third kappa shape index (κ3) is 4.22. The number of non-ortho nitro benzene ring substituents is 1. The highest BCUT2D eigenvalue weighted by molar-refractivity contribution is 5.77. The molecule has 1 fully saturated rings. The second kappa shape index (κ2) is 6.81. The van der Waals surface area contributed by atoms with E-state index in [9.17, 15) is 14.9 Å². The van der Waals surface area contributed by atoms with Crippen LogP contribution in [-0.4, -0.2) is 45.6 Å². The number of hydrogen-bond donors (Lipinski definition) is 1. The van der Waals surface area contributed by atoms with Crippen LogP contribution in [0.3, 0.4) is 0 Å². The van der Waals surface area contributed by atoms with Crippen molar-refractivity contribution < 1.29 is 18.9 Å². The average Bonchev–Trinajstić information content (AvgIpc) is 2.94. The summed E-state index contributed by atoms with van der Waals surface area (Å²) in [5, 5.41) is 14.0. The Morgan fingerprint density at radius 1 is 1.46 bits per heavy atom. The molecule has 2 heterocycles. The lowest BCUT2D eigenvalue weighted by Crippen LogP contribution is -2.47. The second-order valence-electron chi connectivity index (χ2n) is 7.34. The number of nitrogens with zero attached hydrogens (tertiary/aromatic N) is 3. The van der Waals surface area contributed by atoms with E-state index in [1.165, 1.54) is 18.2 Å². The van der Waals surface area contributed by atoms with Crippen LogP contribution in [0.5, 0.6) is 0 Å². The number of carbonyl (C=O) groups is 1. The number of likely N-dealkylation sites (tertiary alicyclic amines) is 1. The molecule has 9 heteroatoms. The van der Waals surface area contributed by atoms with E-state index < -0.39 is 10.5 Å². The Labute approximate surface area is 150 Å². The SMILES string of the molecule is CC(C)(C)OC(=O)N1CCCC(Nc2nc3cc([N+](=O)[O-])ccc3o2)C1. The zero-order chi connectivity index (χ0) is 18.9. The Morgan fingerprint density at radius 3 is 2.92 bits per heavy atom. The number of aromatic nitrogens is 1. The molecule has 1 N–H and O–H groups in total. The van der Waals surface area contributed by atoms with Gasteiger partial charge in [-0.15, -0.1) is 0 Å². The summed E-state index contributed by atoms with van der Waals surface area (Å²) >= 11 is 0. The fourth-order valence-corrected chi connectivity index (χ4v) is 2.85. The minimum Gasteiger partial charge on any atom is -0.444 e. The molecule has 1 atom stereocenters. The number of nitrogens with one attached hydrogen (secondary N) is 1. The van der Waals surface area contributed by atoms with Gasteiger partial charge in [0, 0.05) is 31.3 Å². The maximum Gasteiger partial charge on any atom is 0.410 e. The Balaban J connectivity index is 1.67. The molecule has 0 bridgehead atoms. The number of fused-ring (bicyclic) bond motifs is 1.